The molecule has 0 heteroatoms. The van der Waals surface area contributed by atoms with E-state index in [1.165, 1.54) is 19.3 Å². The van der Waals surface area contributed by atoms with Gasteiger partial charge in [-0.2, -0.15) is 0 Å². The van der Waals surface area contributed by atoms with E-state index in [4.69, 9.17) is 0 Å². The zero-order valence-corrected chi connectivity index (χ0v) is 9.14. The predicted octanol–water partition coefficient (Wildman–Crippen LogP) is 4.27. The molecule has 0 rings (SSSR count). The van der Waals surface area contributed by atoms with E-state index >= 15 is 0 Å². The highest BCUT2D eigenvalue weighted by molar-refractivity contribution is 4.72. The molecular formula is C12H24. The van der Waals surface area contributed by atoms with Gasteiger partial charge in [-0.3, -0.25) is 0 Å². The average Bonchev–Trinajstić information content (AvgIpc) is 1.84. The van der Waals surface area contributed by atoms with Gasteiger partial charge in [0.15, 0.2) is 0 Å². The van der Waals surface area contributed by atoms with Gasteiger partial charge in [0, 0.05) is 0 Å². The molecule has 0 aliphatic heterocycles. The van der Waals surface area contributed by atoms with E-state index in [1.54, 1.807) is 0 Å². The molecular weight excluding hydrogens is 144 g/mol. The van der Waals surface area contributed by atoms with Gasteiger partial charge >= 0.3 is 0 Å². The van der Waals surface area contributed by atoms with Gasteiger partial charge in [-0.1, -0.05) is 33.8 Å². The maximum atomic E-state index is 3.77. The Bertz CT molecular complexity index is 113. The van der Waals surface area contributed by atoms with Crippen molar-refractivity contribution in [2.45, 2.75) is 47.0 Å². The molecule has 0 aromatic heterocycles. The minimum Gasteiger partial charge on any atom is -0.103 e. The first-order valence-corrected chi connectivity index (χ1v) is 5.17. The molecule has 0 aromatic rings. The van der Waals surface area contributed by atoms with Gasteiger partial charge in [0.05, 0.1) is 0 Å². The number of hydrogen-bond acceptors (Lipinski definition) is 0. The second-order valence-electron chi connectivity index (χ2n) is 4.60. The lowest BCUT2D eigenvalue weighted by Gasteiger charge is -2.17. The molecule has 0 radical (unpaired) electrons. The van der Waals surface area contributed by atoms with Crippen molar-refractivity contribution in [3.05, 3.63) is 12.7 Å². The van der Waals surface area contributed by atoms with Crippen LogP contribution in [0.5, 0.6) is 0 Å². The summed E-state index contributed by atoms with van der Waals surface area (Å²) in [5.74, 6) is 2.53. The van der Waals surface area contributed by atoms with Crippen LogP contribution in [0, 0.1) is 17.8 Å². The molecule has 0 fully saturated rings. The van der Waals surface area contributed by atoms with Crippen molar-refractivity contribution in [2.75, 3.05) is 0 Å². The van der Waals surface area contributed by atoms with Crippen molar-refractivity contribution >= 4 is 0 Å². The van der Waals surface area contributed by atoms with E-state index in [-0.39, 0.29) is 0 Å². The van der Waals surface area contributed by atoms with E-state index in [0.717, 1.165) is 17.8 Å². The maximum Gasteiger partial charge on any atom is -0.0327 e. The highest BCUT2D eigenvalue weighted by Crippen LogP contribution is 2.21. The number of hydrogen-bond donors (Lipinski definition) is 0. The molecule has 0 bridgehead atoms. The normalized spacial score (nSPS) is 16.1. The molecule has 0 amide bonds. The summed E-state index contributed by atoms with van der Waals surface area (Å²) in [6, 6.07) is 0. The van der Waals surface area contributed by atoms with Crippen LogP contribution in [-0.4, -0.2) is 0 Å². The second kappa shape index (κ2) is 6.28. The van der Waals surface area contributed by atoms with Gasteiger partial charge in [0.25, 0.3) is 0 Å². The summed E-state index contributed by atoms with van der Waals surface area (Å²) in [5.41, 5.74) is 0. The second-order valence-corrected chi connectivity index (χ2v) is 4.60. The lowest BCUT2D eigenvalue weighted by atomic mass is 9.89. The Labute approximate surface area is 78.1 Å². The Morgan fingerprint density at radius 2 is 1.58 bits per heavy atom. The van der Waals surface area contributed by atoms with E-state index in [2.05, 4.69) is 34.3 Å². The third-order valence-electron chi connectivity index (χ3n) is 2.25. The van der Waals surface area contributed by atoms with Crippen LogP contribution in [0.4, 0.5) is 0 Å². The summed E-state index contributed by atoms with van der Waals surface area (Å²) in [7, 11) is 0. The molecule has 0 heterocycles. The van der Waals surface area contributed by atoms with Crippen LogP contribution in [0.15, 0.2) is 12.7 Å². The van der Waals surface area contributed by atoms with Crippen molar-refractivity contribution in [1.82, 2.24) is 0 Å². The topological polar surface area (TPSA) is 0 Å². The fraction of sp³-hybridized carbons (Fsp3) is 0.833. The van der Waals surface area contributed by atoms with Crippen molar-refractivity contribution in [3.63, 3.8) is 0 Å². The molecule has 0 aromatic carbocycles. The summed E-state index contributed by atoms with van der Waals surface area (Å²) in [4.78, 5) is 0. The predicted molar refractivity (Wildman–Crippen MR) is 57.2 cm³/mol. The Morgan fingerprint density at radius 1 is 1.00 bits per heavy atom. The molecule has 0 aliphatic rings. The fourth-order valence-electron chi connectivity index (χ4n) is 1.97. The quantitative estimate of drug-likeness (QED) is 0.519. The van der Waals surface area contributed by atoms with Crippen molar-refractivity contribution < 1.29 is 0 Å². The summed E-state index contributed by atoms with van der Waals surface area (Å²) >= 11 is 0. The summed E-state index contributed by atoms with van der Waals surface area (Å²) in [6.07, 6.45) is 5.92. The first-order chi connectivity index (χ1) is 5.56. The molecule has 0 nitrogen and oxygen atoms in total. The molecule has 0 aliphatic carbocycles. The highest BCUT2D eigenvalue weighted by atomic mass is 14.1. The molecule has 0 unspecified atom stereocenters. The molecule has 2 atom stereocenters. The third-order valence-corrected chi connectivity index (χ3v) is 2.25. The van der Waals surface area contributed by atoms with Crippen LogP contribution >= 0.6 is 0 Å². The van der Waals surface area contributed by atoms with Crippen molar-refractivity contribution in [2.24, 2.45) is 17.8 Å². The van der Waals surface area contributed by atoms with Crippen LogP contribution in [0.2, 0.25) is 0 Å². The Balaban J connectivity index is 3.53. The number of allylic oxidation sites excluding steroid dienone is 1. The minimum absolute atomic E-state index is 0.816. The first kappa shape index (κ1) is 11.7. The van der Waals surface area contributed by atoms with E-state index in [1.807, 2.05) is 6.08 Å². The summed E-state index contributed by atoms with van der Waals surface area (Å²) in [5, 5.41) is 0. The lowest BCUT2D eigenvalue weighted by molar-refractivity contribution is 0.356. The maximum absolute atomic E-state index is 3.77. The molecule has 0 N–H and O–H groups in total. The Morgan fingerprint density at radius 3 is 2.00 bits per heavy atom. The van der Waals surface area contributed by atoms with Gasteiger partial charge in [0.2, 0.25) is 0 Å². The van der Waals surface area contributed by atoms with Crippen LogP contribution in [0.25, 0.3) is 0 Å². The van der Waals surface area contributed by atoms with Gasteiger partial charge in [-0.15, -0.1) is 6.58 Å². The molecule has 0 saturated heterocycles. The largest absolute Gasteiger partial charge is 0.103 e. The lowest BCUT2D eigenvalue weighted by Crippen LogP contribution is -2.05. The minimum atomic E-state index is 0.816. The van der Waals surface area contributed by atoms with Crippen LogP contribution in [0.3, 0.4) is 0 Å². The van der Waals surface area contributed by atoms with E-state index < -0.39 is 0 Å². The summed E-state index contributed by atoms with van der Waals surface area (Å²) in [6.45, 7) is 13.0. The SMILES string of the molecule is C=CC[C@@H](C)C[C@@H](C)CC(C)C. The standard InChI is InChI=1S/C12H24/c1-6-7-11(4)9-12(5)8-10(2)3/h6,10-12H,1,7-9H2,2-5H3/t11-,12+/m1/s1. The highest BCUT2D eigenvalue weighted by Gasteiger charge is 2.08. The van der Waals surface area contributed by atoms with E-state index in [9.17, 15) is 0 Å². The molecule has 0 spiro atoms. The van der Waals surface area contributed by atoms with Crippen molar-refractivity contribution in [3.8, 4) is 0 Å². The van der Waals surface area contributed by atoms with Gasteiger partial charge < -0.3 is 0 Å². The van der Waals surface area contributed by atoms with Gasteiger partial charge in [-0.25, -0.2) is 0 Å². The smallest absolute Gasteiger partial charge is 0.0327 e. The zero-order chi connectivity index (χ0) is 9.56. The summed E-state index contributed by atoms with van der Waals surface area (Å²) < 4.78 is 0. The van der Waals surface area contributed by atoms with E-state index in [0.29, 0.717) is 0 Å². The van der Waals surface area contributed by atoms with Crippen LogP contribution in [-0.2, 0) is 0 Å². The Hall–Kier alpha value is -0.260. The molecule has 72 valence electrons. The van der Waals surface area contributed by atoms with Crippen LogP contribution in [0.1, 0.15) is 47.0 Å². The third kappa shape index (κ3) is 6.45. The molecule has 0 saturated carbocycles. The van der Waals surface area contributed by atoms with Gasteiger partial charge in [-0.05, 0) is 37.0 Å². The zero-order valence-electron chi connectivity index (χ0n) is 9.14. The average molecular weight is 168 g/mol. The van der Waals surface area contributed by atoms with Crippen LogP contribution < -0.4 is 0 Å². The Kier molecular flexibility index (Phi) is 6.14. The fourth-order valence-corrected chi connectivity index (χ4v) is 1.97. The van der Waals surface area contributed by atoms with Gasteiger partial charge in [0.1, 0.15) is 0 Å². The molecule has 12 heavy (non-hydrogen) atoms. The number of rotatable bonds is 6. The van der Waals surface area contributed by atoms with Crippen molar-refractivity contribution in [1.29, 1.82) is 0 Å². The first-order valence-electron chi connectivity index (χ1n) is 5.17. The monoisotopic (exact) mass is 168 g/mol.